The first kappa shape index (κ1) is 9.78. The molecular formula is C11H13NOSe. The molecule has 2 N–H and O–H groups in total. The van der Waals surface area contributed by atoms with Gasteiger partial charge in [0, 0.05) is 0 Å². The molecule has 0 unspecified atom stereocenters. The van der Waals surface area contributed by atoms with Crippen molar-refractivity contribution in [1.82, 2.24) is 0 Å². The molecular weight excluding hydrogens is 241 g/mol. The summed E-state index contributed by atoms with van der Waals surface area (Å²) in [6.45, 7) is 0.730. The molecule has 0 saturated carbocycles. The zero-order valence-electron chi connectivity index (χ0n) is 8.12. The van der Waals surface area contributed by atoms with E-state index in [4.69, 9.17) is 10.5 Å². The van der Waals surface area contributed by atoms with Gasteiger partial charge in [-0.2, -0.15) is 0 Å². The van der Waals surface area contributed by atoms with Gasteiger partial charge in [0.05, 0.1) is 0 Å². The van der Waals surface area contributed by atoms with Crippen LogP contribution in [-0.2, 0) is 6.42 Å². The average Bonchev–Trinajstić information content (AvgIpc) is 2.61. The summed E-state index contributed by atoms with van der Waals surface area (Å²) in [6, 6.07) is 6.30. The van der Waals surface area contributed by atoms with Crippen molar-refractivity contribution in [3.63, 3.8) is 0 Å². The number of hydrogen-bond acceptors (Lipinski definition) is 2. The predicted molar refractivity (Wildman–Crippen MR) is 60.2 cm³/mol. The van der Waals surface area contributed by atoms with E-state index in [0.29, 0.717) is 14.5 Å². The number of fused-ring (bicyclic) bond motifs is 1. The van der Waals surface area contributed by atoms with E-state index >= 15 is 0 Å². The van der Waals surface area contributed by atoms with Gasteiger partial charge in [-0.1, -0.05) is 0 Å². The molecule has 0 bridgehead atoms. The Kier molecular flexibility index (Phi) is 2.92. The van der Waals surface area contributed by atoms with Crippen LogP contribution in [0.3, 0.4) is 0 Å². The van der Waals surface area contributed by atoms with Crippen molar-refractivity contribution in [2.75, 3.05) is 13.7 Å². The van der Waals surface area contributed by atoms with Gasteiger partial charge in [0.2, 0.25) is 0 Å². The summed E-state index contributed by atoms with van der Waals surface area (Å²) in [4.78, 5) is 2.32. The molecule has 0 amide bonds. The van der Waals surface area contributed by atoms with Crippen molar-refractivity contribution >= 4 is 24.1 Å². The van der Waals surface area contributed by atoms with Crippen LogP contribution in [0.2, 0.25) is 0 Å². The van der Waals surface area contributed by atoms with Gasteiger partial charge in [0.15, 0.2) is 0 Å². The maximum atomic E-state index is 5.56. The second kappa shape index (κ2) is 4.18. The van der Waals surface area contributed by atoms with E-state index < -0.39 is 0 Å². The van der Waals surface area contributed by atoms with Crippen molar-refractivity contribution in [2.45, 2.75) is 6.42 Å². The zero-order valence-corrected chi connectivity index (χ0v) is 9.83. The van der Waals surface area contributed by atoms with E-state index in [1.807, 2.05) is 6.07 Å². The normalized spacial score (nSPS) is 10.7. The molecule has 2 nitrogen and oxygen atoms in total. The fourth-order valence-corrected chi connectivity index (χ4v) is 3.69. The Bertz CT molecular complexity index is 436. The Balaban J connectivity index is 2.48. The zero-order chi connectivity index (χ0) is 9.97. The van der Waals surface area contributed by atoms with Gasteiger partial charge in [-0.3, -0.25) is 0 Å². The molecule has 0 atom stereocenters. The van der Waals surface area contributed by atoms with Crippen LogP contribution in [0.4, 0.5) is 0 Å². The Morgan fingerprint density at radius 2 is 2.29 bits per heavy atom. The molecule has 0 saturated heterocycles. The molecule has 14 heavy (non-hydrogen) atoms. The number of benzene rings is 1. The third kappa shape index (κ3) is 1.71. The first-order valence-electron chi connectivity index (χ1n) is 4.59. The molecule has 0 aliphatic carbocycles. The van der Waals surface area contributed by atoms with Crippen molar-refractivity contribution < 1.29 is 4.74 Å². The van der Waals surface area contributed by atoms with Gasteiger partial charge in [-0.15, -0.1) is 0 Å². The summed E-state index contributed by atoms with van der Waals surface area (Å²) in [5, 5.41) is 1.37. The summed E-state index contributed by atoms with van der Waals surface area (Å²) in [5.74, 6) is 0.952. The number of hydrogen-bond donors (Lipinski definition) is 1. The number of ether oxygens (including phenoxy) is 1. The van der Waals surface area contributed by atoms with E-state index in [1.54, 1.807) is 7.11 Å². The minimum atomic E-state index is 0.467. The van der Waals surface area contributed by atoms with E-state index in [1.165, 1.54) is 15.2 Å². The monoisotopic (exact) mass is 255 g/mol. The molecule has 74 valence electrons. The van der Waals surface area contributed by atoms with Gasteiger partial charge in [0.1, 0.15) is 0 Å². The molecule has 1 aromatic heterocycles. The predicted octanol–water partition coefficient (Wildman–Crippen LogP) is 1.41. The molecule has 2 aromatic rings. The van der Waals surface area contributed by atoms with Crippen molar-refractivity contribution in [3.8, 4) is 5.75 Å². The van der Waals surface area contributed by atoms with Crippen molar-refractivity contribution in [2.24, 2.45) is 5.73 Å². The molecule has 0 fully saturated rings. The Labute approximate surface area is 89.4 Å². The van der Waals surface area contributed by atoms with Crippen molar-refractivity contribution in [1.29, 1.82) is 0 Å². The third-order valence-electron chi connectivity index (χ3n) is 2.28. The van der Waals surface area contributed by atoms with Gasteiger partial charge >= 0.3 is 89.1 Å². The van der Waals surface area contributed by atoms with Gasteiger partial charge in [-0.05, 0) is 0 Å². The Morgan fingerprint density at radius 3 is 3.00 bits per heavy atom. The van der Waals surface area contributed by atoms with Gasteiger partial charge in [-0.25, -0.2) is 0 Å². The van der Waals surface area contributed by atoms with Crippen LogP contribution >= 0.6 is 0 Å². The summed E-state index contributed by atoms with van der Waals surface area (Å²) in [5.41, 5.74) is 6.97. The number of methoxy groups -OCH3 is 1. The Morgan fingerprint density at radius 1 is 1.43 bits per heavy atom. The molecule has 0 radical (unpaired) electrons. The fraction of sp³-hybridized carbons (Fsp3) is 0.273. The van der Waals surface area contributed by atoms with Gasteiger partial charge < -0.3 is 0 Å². The van der Waals surface area contributed by atoms with Crippen molar-refractivity contribution in [3.05, 3.63) is 28.7 Å². The van der Waals surface area contributed by atoms with Crippen LogP contribution in [0.15, 0.2) is 23.1 Å². The van der Waals surface area contributed by atoms with Crippen LogP contribution in [0, 0.1) is 0 Å². The molecule has 0 aliphatic rings. The van der Waals surface area contributed by atoms with E-state index in [-0.39, 0.29) is 0 Å². The summed E-state index contributed by atoms with van der Waals surface area (Å²) in [7, 11) is 1.71. The molecule has 0 spiro atoms. The van der Waals surface area contributed by atoms with Crippen LogP contribution in [0.1, 0.15) is 5.56 Å². The Hall–Kier alpha value is -0.761. The van der Waals surface area contributed by atoms with Gasteiger partial charge in [0.25, 0.3) is 0 Å². The second-order valence-electron chi connectivity index (χ2n) is 3.16. The summed E-state index contributed by atoms with van der Waals surface area (Å²) < 4.78 is 6.61. The maximum absolute atomic E-state index is 5.56. The fourth-order valence-electron chi connectivity index (χ4n) is 1.54. The number of nitrogens with two attached hydrogens (primary N) is 1. The van der Waals surface area contributed by atoms with Crippen LogP contribution in [-0.4, -0.2) is 28.2 Å². The van der Waals surface area contributed by atoms with E-state index in [2.05, 4.69) is 17.1 Å². The molecule has 0 aliphatic heterocycles. The molecule has 2 rings (SSSR count). The summed E-state index contributed by atoms with van der Waals surface area (Å²) >= 11 is 0.467. The first-order chi connectivity index (χ1) is 6.85. The van der Waals surface area contributed by atoms with E-state index in [0.717, 1.165) is 18.7 Å². The molecule has 1 aromatic carbocycles. The average molecular weight is 254 g/mol. The minimum absolute atomic E-state index is 0.467. The topological polar surface area (TPSA) is 35.2 Å². The quantitative estimate of drug-likeness (QED) is 0.840. The standard InChI is InChI=1S/C11H13NOSe/c1-13-9-2-3-10-8(4-5-12)7-14-11(10)6-9/h2-3,6-7H,4-5,12H2,1H3. The van der Waals surface area contributed by atoms with Crippen LogP contribution < -0.4 is 10.5 Å². The SMILES string of the molecule is COc1ccc2c(CCN)c[se]c2c1. The van der Waals surface area contributed by atoms with E-state index in [9.17, 15) is 0 Å². The third-order valence-corrected chi connectivity index (χ3v) is 4.36. The molecule has 3 heteroatoms. The summed E-state index contributed by atoms with van der Waals surface area (Å²) in [6.07, 6.45) is 0.987. The van der Waals surface area contributed by atoms with Crippen LogP contribution in [0.25, 0.3) is 9.65 Å². The number of rotatable bonds is 3. The second-order valence-corrected chi connectivity index (χ2v) is 5.07. The van der Waals surface area contributed by atoms with Crippen LogP contribution in [0.5, 0.6) is 5.75 Å². The first-order valence-corrected chi connectivity index (χ1v) is 6.44. The molecule has 1 heterocycles.